The lowest BCUT2D eigenvalue weighted by Crippen LogP contribution is -2.51. The van der Waals surface area contributed by atoms with Gasteiger partial charge in [0.15, 0.2) is 5.96 Å². The first kappa shape index (κ1) is 19.1. The molecule has 2 aliphatic heterocycles. The Labute approximate surface area is 170 Å². The third-order valence-corrected chi connectivity index (χ3v) is 6.48. The summed E-state index contributed by atoms with van der Waals surface area (Å²) in [5, 5.41) is 2.16. The van der Waals surface area contributed by atoms with E-state index < -0.39 is 0 Å². The largest absolute Gasteiger partial charge is 0.370 e. The molecule has 2 N–H and O–H groups in total. The number of thiophene rings is 1. The summed E-state index contributed by atoms with van der Waals surface area (Å²) in [5.41, 5.74) is 6.28. The van der Waals surface area contributed by atoms with E-state index in [1.54, 1.807) is 12.4 Å². The van der Waals surface area contributed by atoms with E-state index in [0.717, 1.165) is 58.3 Å². The SMILES string of the molecule is NC(=NCC1CCN(Cc2cccs2)CC1)N1CCN(c2ncccn2)CC1. The second kappa shape index (κ2) is 9.34. The standard InChI is InChI=1S/C20H29N7S/c21-19(26-10-12-27(13-11-26)20-22-6-2-7-23-20)24-15-17-4-8-25(9-5-17)16-18-3-1-14-28-18/h1-3,6-7,14,17H,4-5,8-13,15-16H2,(H2,21,24). The zero-order chi connectivity index (χ0) is 19.2. The van der Waals surface area contributed by atoms with E-state index in [-0.39, 0.29) is 0 Å². The normalized spacial score (nSPS) is 19.9. The number of rotatable bonds is 5. The van der Waals surface area contributed by atoms with Crippen molar-refractivity contribution in [3.8, 4) is 0 Å². The van der Waals surface area contributed by atoms with Crippen LogP contribution >= 0.6 is 11.3 Å². The number of guanidine groups is 1. The third kappa shape index (κ3) is 4.99. The summed E-state index contributed by atoms with van der Waals surface area (Å²) in [5.74, 6) is 2.14. The van der Waals surface area contributed by atoms with Crippen LogP contribution in [0.1, 0.15) is 17.7 Å². The Balaban J connectivity index is 1.19. The van der Waals surface area contributed by atoms with Crippen LogP contribution in [0.4, 0.5) is 5.95 Å². The summed E-state index contributed by atoms with van der Waals surface area (Å²) in [4.78, 5) is 21.8. The highest BCUT2D eigenvalue weighted by atomic mass is 32.1. The van der Waals surface area contributed by atoms with Gasteiger partial charge in [0.1, 0.15) is 0 Å². The molecule has 150 valence electrons. The van der Waals surface area contributed by atoms with Crippen LogP contribution in [-0.4, -0.2) is 71.5 Å². The molecule has 2 aromatic rings. The molecule has 28 heavy (non-hydrogen) atoms. The van der Waals surface area contributed by atoms with Crippen molar-refractivity contribution in [3.05, 3.63) is 40.8 Å². The molecule has 2 aromatic heterocycles. The quantitative estimate of drug-likeness (QED) is 0.611. The molecule has 8 heteroatoms. The third-order valence-electron chi connectivity index (χ3n) is 5.62. The van der Waals surface area contributed by atoms with Gasteiger partial charge in [0.2, 0.25) is 5.95 Å². The minimum atomic E-state index is 0.650. The maximum atomic E-state index is 6.28. The molecule has 0 aliphatic carbocycles. The summed E-state index contributed by atoms with van der Waals surface area (Å²) in [7, 11) is 0. The van der Waals surface area contributed by atoms with Crippen molar-refractivity contribution in [2.75, 3.05) is 50.7 Å². The molecule has 0 bridgehead atoms. The topological polar surface area (TPSA) is 73.9 Å². The van der Waals surface area contributed by atoms with Crippen LogP contribution < -0.4 is 10.6 Å². The number of piperazine rings is 1. The van der Waals surface area contributed by atoms with Crippen molar-refractivity contribution in [2.24, 2.45) is 16.6 Å². The number of nitrogens with two attached hydrogens (primary N) is 1. The van der Waals surface area contributed by atoms with Gasteiger partial charge in [0.25, 0.3) is 0 Å². The number of aliphatic imine (C=N–C) groups is 1. The van der Waals surface area contributed by atoms with E-state index in [4.69, 9.17) is 10.7 Å². The Morgan fingerprint density at radius 2 is 1.82 bits per heavy atom. The molecule has 2 fully saturated rings. The van der Waals surface area contributed by atoms with Crippen LogP contribution in [0.3, 0.4) is 0 Å². The Kier molecular flexibility index (Phi) is 6.38. The Hall–Kier alpha value is -2.19. The molecular formula is C20H29N7S. The second-order valence-electron chi connectivity index (χ2n) is 7.52. The molecular weight excluding hydrogens is 370 g/mol. The average Bonchev–Trinajstić information content (AvgIpc) is 3.27. The molecule has 0 amide bonds. The highest BCUT2D eigenvalue weighted by Gasteiger charge is 2.22. The maximum Gasteiger partial charge on any atom is 0.225 e. The van der Waals surface area contributed by atoms with Gasteiger partial charge < -0.3 is 15.5 Å². The number of piperidine rings is 1. The minimum absolute atomic E-state index is 0.650. The Morgan fingerprint density at radius 3 is 2.50 bits per heavy atom. The van der Waals surface area contributed by atoms with Crippen molar-refractivity contribution >= 4 is 23.2 Å². The summed E-state index contributed by atoms with van der Waals surface area (Å²) >= 11 is 1.85. The van der Waals surface area contributed by atoms with Crippen LogP contribution in [0.15, 0.2) is 41.0 Å². The number of likely N-dealkylation sites (tertiary alicyclic amines) is 1. The van der Waals surface area contributed by atoms with Gasteiger partial charge in [-0.15, -0.1) is 11.3 Å². The number of nitrogens with zero attached hydrogens (tertiary/aromatic N) is 6. The van der Waals surface area contributed by atoms with Gasteiger partial charge >= 0.3 is 0 Å². The Bertz CT molecular complexity index is 733. The summed E-state index contributed by atoms with van der Waals surface area (Å²) in [6.45, 7) is 7.75. The zero-order valence-corrected chi connectivity index (χ0v) is 17.1. The fraction of sp³-hybridized carbons (Fsp3) is 0.550. The van der Waals surface area contributed by atoms with Crippen molar-refractivity contribution in [1.82, 2.24) is 19.8 Å². The summed E-state index contributed by atoms with van der Waals surface area (Å²) in [6.07, 6.45) is 6.00. The van der Waals surface area contributed by atoms with Gasteiger partial charge in [0.05, 0.1) is 0 Å². The van der Waals surface area contributed by atoms with Gasteiger partial charge in [-0.25, -0.2) is 9.97 Å². The molecule has 4 rings (SSSR count). The van der Waals surface area contributed by atoms with Crippen molar-refractivity contribution in [3.63, 3.8) is 0 Å². The minimum Gasteiger partial charge on any atom is -0.370 e. The highest BCUT2D eigenvalue weighted by molar-refractivity contribution is 7.09. The summed E-state index contributed by atoms with van der Waals surface area (Å²) < 4.78 is 0. The average molecular weight is 400 g/mol. The van der Waals surface area contributed by atoms with Gasteiger partial charge in [-0.3, -0.25) is 9.89 Å². The van der Waals surface area contributed by atoms with Gasteiger partial charge in [0, 0.05) is 56.5 Å². The van der Waals surface area contributed by atoms with Gasteiger partial charge in [-0.1, -0.05) is 6.07 Å². The van der Waals surface area contributed by atoms with E-state index in [1.165, 1.54) is 17.7 Å². The number of anilines is 1. The predicted octanol–water partition coefficient (Wildman–Crippen LogP) is 1.89. The first-order valence-corrected chi connectivity index (χ1v) is 11.0. The van der Waals surface area contributed by atoms with Crippen molar-refractivity contribution in [1.29, 1.82) is 0 Å². The van der Waals surface area contributed by atoms with Crippen LogP contribution in [0.5, 0.6) is 0 Å². The molecule has 0 unspecified atom stereocenters. The smallest absolute Gasteiger partial charge is 0.225 e. The van der Waals surface area contributed by atoms with E-state index in [2.05, 4.69) is 42.2 Å². The Morgan fingerprint density at radius 1 is 1.07 bits per heavy atom. The molecule has 4 heterocycles. The zero-order valence-electron chi connectivity index (χ0n) is 16.3. The molecule has 0 radical (unpaired) electrons. The fourth-order valence-electron chi connectivity index (χ4n) is 3.86. The number of aromatic nitrogens is 2. The lowest BCUT2D eigenvalue weighted by molar-refractivity contribution is 0.182. The van der Waals surface area contributed by atoms with Gasteiger partial charge in [-0.2, -0.15) is 0 Å². The first-order chi connectivity index (χ1) is 13.8. The van der Waals surface area contributed by atoms with E-state index in [9.17, 15) is 0 Å². The number of hydrogen-bond donors (Lipinski definition) is 1. The van der Waals surface area contributed by atoms with E-state index in [0.29, 0.717) is 11.9 Å². The van der Waals surface area contributed by atoms with Crippen LogP contribution in [-0.2, 0) is 6.54 Å². The molecule has 0 spiro atoms. The molecule has 7 nitrogen and oxygen atoms in total. The second-order valence-corrected chi connectivity index (χ2v) is 8.55. The number of hydrogen-bond acceptors (Lipinski definition) is 6. The van der Waals surface area contributed by atoms with E-state index in [1.807, 2.05) is 17.4 Å². The first-order valence-electron chi connectivity index (χ1n) is 10.1. The predicted molar refractivity (Wildman–Crippen MR) is 115 cm³/mol. The van der Waals surface area contributed by atoms with Crippen LogP contribution in [0.25, 0.3) is 0 Å². The van der Waals surface area contributed by atoms with Crippen LogP contribution in [0.2, 0.25) is 0 Å². The molecule has 0 saturated carbocycles. The lowest BCUT2D eigenvalue weighted by atomic mass is 9.97. The highest BCUT2D eigenvalue weighted by Crippen LogP contribution is 2.21. The molecule has 2 aliphatic rings. The maximum absolute atomic E-state index is 6.28. The van der Waals surface area contributed by atoms with Crippen molar-refractivity contribution in [2.45, 2.75) is 19.4 Å². The van der Waals surface area contributed by atoms with E-state index >= 15 is 0 Å². The molecule has 0 atom stereocenters. The van der Waals surface area contributed by atoms with Crippen molar-refractivity contribution < 1.29 is 0 Å². The van der Waals surface area contributed by atoms with Crippen LogP contribution in [0, 0.1) is 5.92 Å². The lowest BCUT2D eigenvalue weighted by Gasteiger charge is -2.35. The molecule has 2 saturated heterocycles. The van der Waals surface area contributed by atoms with Gasteiger partial charge in [-0.05, 0) is 49.4 Å². The molecule has 0 aromatic carbocycles. The fourth-order valence-corrected chi connectivity index (χ4v) is 4.61. The summed E-state index contributed by atoms with van der Waals surface area (Å²) in [6, 6.07) is 6.21. The monoisotopic (exact) mass is 399 g/mol.